The fourth-order valence-electron chi connectivity index (χ4n) is 1.10. The van der Waals surface area contributed by atoms with Crippen LogP contribution in [0.3, 0.4) is 0 Å². The molecule has 0 bridgehead atoms. The summed E-state index contributed by atoms with van der Waals surface area (Å²) in [4.78, 5) is 11.3. The van der Waals surface area contributed by atoms with E-state index in [1.165, 1.54) is 0 Å². The molecule has 0 aliphatic heterocycles. The molecule has 90 valence electrons. The number of terminal acetylenes is 1. The third-order valence-electron chi connectivity index (χ3n) is 1.89. The molecule has 1 aromatic rings. The number of alkyl halides is 3. The molecule has 0 aliphatic carbocycles. The Bertz CT molecular complexity index is 473. The van der Waals surface area contributed by atoms with Crippen molar-refractivity contribution in [2.45, 2.75) is 6.18 Å². The minimum absolute atomic E-state index is 0.186. The Hall–Kier alpha value is -2.03. The number of rotatable bonds is 2. The van der Waals surface area contributed by atoms with Crippen molar-refractivity contribution < 1.29 is 22.4 Å². The van der Waals surface area contributed by atoms with Crippen LogP contribution < -0.4 is 5.32 Å². The number of hydrogen-bond acceptors (Lipinski definition) is 1. The van der Waals surface area contributed by atoms with E-state index in [-0.39, 0.29) is 6.54 Å². The van der Waals surface area contributed by atoms with Gasteiger partial charge in [-0.15, -0.1) is 6.42 Å². The zero-order chi connectivity index (χ0) is 13.1. The summed E-state index contributed by atoms with van der Waals surface area (Å²) in [7, 11) is 0. The molecule has 0 aromatic heterocycles. The first-order chi connectivity index (χ1) is 7.86. The molecule has 0 unspecified atom stereocenters. The van der Waals surface area contributed by atoms with Crippen LogP contribution in [0.1, 0.15) is 15.9 Å². The van der Waals surface area contributed by atoms with E-state index in [0.29, 0.717) is 18.2 Å². The van der Waals surface area contributed by atoms with Crippen LogP contribution in [0.5, 0.6) is 0 Å². The summed E-state index contributed by atoms with van der Waals surface area (Å²) in [6.07, 6.45) is 0.224. The molecule has 0 spiro atoms. The quantitative estimate of drug-likeness (QED) is 0.628. The van der Waals surface area contributed by atoms with E-state index in [4.69, 9.17) is 6.42 Å². The Morgan fingerprint density at radius 3 is 2.59 bits per heavy atom. The SMILES string of the molecule is C#CCNC(=O)c1cc(C(F)(F)F)ccc1F. The zero-order valence-corrected chi connectivity index (χ0v) is 8.44. The van der Waals surface area contributed by atoms with Gasteiger partial charge in [-0.05, 0) is 18.2 Å². The number of hydrogen-bond donors (Lipinski definition) is 1. The molecular weight excluding hydrogens is 238 g/mol. The second-order valence-corrected chi connectivity index (χ2v) is 3.08. The van der Waals surface area contributed by atoms with Crippen LogP contribution in [0, 0.1) is 18.2 Å². The lowest BCUT2D eigenvalue weighted by Gasteiger charge is -2.09. The van der Waals surface area contributed by atoms with Crippen molar-refractivity contribution in [3.05, 3.63) is 35.1 Å². The number of halogens is 4. The van der Waals surface area contributed by atoms with Crippen molar-refractivity contribution in [2.75, 3.05) is 6.54 Å². The van der Waals surface area contributed by atoms with Crippen molar-refractivity contribution in [3.8, 4) is 12.3 Å². The molecule has 1 rings (SSSR count). The van der Waals surface area contributed by atoms with Gasteiger partial charge in [-0.3, -0.25) is 4.79 Å². The average molecular weight is 245 g/mol. The van der Waals surface area contributed by atoms with Crippen LogP contribution >= 0.6 is 0 Å². The summed E-state index contributed by atoms with van der Waals surface area (Å²) in [5.41, 5.74) is -1.78. The smallest absolute Gasteiger partial charge is 0.341 e. The van der Waals surface area contributed by atoms with E-state index in [9.17, 15) is 22.4 Å². The topological polar surface area (TPSA) is 29.1 Å². The molecule has 1 amide bonds. The highest BCUT2D eigenvalue weighted by molar-refractivity contribution is 5.94. The van der Waals surface area contributed by atoms with Gasteiger partial charge >= 0.3 is 6.18 Å². The molecule has 0 aliphatic rings. The third kappa shape index (κ3) is 3.21. The van der Waals surface area contributed by atoms with Crippen molar-refractivity contribution in [1.82, 2.24) is 5.32 Å². The zero-order valence-electron chi connectivity index (χ0n) is 8.44. The molecule has 17 heavy (non-hydrogen) atoms. The van der Waals surface area contributed by atoms with E-state index < -0.39 is 29.0 Å². The van der Waals surface area contributed by atoms with Gasteiger partial charge in [0.2, 0.25) is 0 Å². The van der Waals surface area contributed by atoms with Crippen molar-refractivity contribution in [2.24, 2.45) is 0 Å². The van der Waals surface area contributed by atoms with E-state index in [1.807, 2.05) is 0 Å². The van der Waals surface area contributed by atoms with Gasteiger partial charge in [0.1, 0.15) is 5.82 Å². The van der Waals surface area contributed by atoms with Gasteiger partial charge < -0.3 is 5.32 Å². The van der Waals surface area contributed by atoms with Gasteiger partial charge in [0.05, 0.1) is 17.7 Å². The third-order valence-corrected chi connectivity index (χ3v) is 1.89. The maximum atomic E-state index is 13.2. The summed E-state index contributed by atoms with van der Waals surface area (Å²) in [5.74, 6) is 0.0413. The van der Waals surface area contributed by atoms with Gasteiger partial charge in [-0.1, -0.05) is 5.92 Å². The maximum Gasteiger partial charge on any atom is 0.416 e. The number of carbonyl (C=O) groups is 1. The molecule has 2 nitrogen and oxygen atoms in total. The van der Waals surface area contributed by atoms with Crippen molar-refractivity contribution in [3.63, 3.8) is 0 Å². The van der Waals surface area contributed by atoms with E-state index in [1.54, 1.807) is 0 Å². The molecule has 0 saturated carbocycles. The second kappa shape index (κ2) is 4.87. The number of carbonyl (C=O) groups excluding carboxylic acids is 1. The van der Waals surface area contributed by atoms with Gasteiger partial charge in [0.25, 0.3) is 5.91 Å². The summed E-state index contributed by atoms with van der Waals surface area (Å²) in [6.45, 7) is -0.186. The first kappa shape index (κ1) is 13.0. The van der Waals surface area contributed by atoms with Crippen LogP contribution in [-0.4, -0.2) is 12.5 Å². The number of nitrogens with one attached hydrogen (secondary N) is 1. The van der Waals surface area contributed by atoms with E-state index in [0.717, 1.165) is 0 Å². The van der Waals surface area contributed by atoms with Gasteiger partial charge in [0.15, 0.2) is 0 Å². The van der Waals surface area contributed by atoms with Crippen LogP contribution in [0.15, 0.2) is 18.2 Å². The highest BCUT2D eigenvalue weighted by Gasteiger charge is 2.31. The van der Waals surface area contributed by atoms with Gasteiger partial charge in [-0.25, -0.2) is 4.39 Å². The Kier molecular flexibility index (Phi) is 3.73. The molecule has 6 heteroatoms. The molecule has 0 heterocycles. The summed E-state index contributed by atoms with van der Waals surface area (Å²) >= 11 is 0. The molecule has 0 radical (unpaired) electrons. The standard InChI is InChI=1S/C11H7F4NO/c1-2-5-16-10(17)8-6-7(11(13,14)15)3-4-9(8)12/h1,3-4,6H,5H2,(H,16,17). The predicted molar refractivity (Wildman–Crippen MR) is 52.6 cm³/mol. The largest absolute Gasteiger partial charge is 0.416 e. The molecule has 0 fully saturated rings. The van der Waals surface area contributed by atoms with Gasteiger partial charge in [-0.2, -0.15) is 13.2 Å². The minimum atomic E-state index is -4.63. The number of amides is 1. The highest BCUT2D eigenvalue weighted by Crippen LogP contribution is 2.30. The monoisotopic (exact) mass is 245 g/mol. The normalized spacial score (nSPS) is 10.8. The minimum Gasteiger partial charge on any atom is -0.341 e. The predicted octanol–water partition coefficient (Wildman–Crippen LogP) is 2.21. The van der Waals surface area contributed by atoms with E-state index >= 15 is 0 Å². The summed E-state index contributed by atoms with van der Waals surface area (Å²) in [6, 6.07) is 1.60. The van der Waals surface area contributed by atoms with Crippen LogP contribution in [0.4, 0.5) is 17.6 Å². The Labute approximate surface area is 94.6 Å². The lowest BCUT2D eigenvalue weighted by atomic mass is 10.1. The lowest BCUT2D eigenvalue weighted by Crippen LogP contribution is -2.25. The van der Waals surface area contributed by atoms with Crippen LogP contribution in [-0.2, 0) is 6.18 Å². The molecule has 1 aromatic carbocycles. The summed E-state index contributed by atoms with van der Waals surface area (Å²) < 4.78 is 50.1. The van der Waals surface area contributed by atoms with Crippen molar-refractivity contribution in [1.29, 1.82) is 0 Å². The van der Waals surface area contributed by atoms with Crippen LogP contribution in [0.25, 0.3) is 0 Å². The number of benzene rings is 1. The fraction of sp³-hybridized carbons (Fsp3) is 0.182. The lowest BCUT2D eigenvalue weighted by molar-refractivity contribution is -0.137. The average Bonchev–Trinajstić information content (AvgIpc) is 2.24. The van der Waals surface area contributed by atoms with Crippen molar-refractivity contribution >= 4 is 5.91 Å². The van der Waals surface area contributed by atoms with Gasteiger partial charge in [0, 0.05) is 0 Å². The Balaban J connectivity index is 3.07. The first-order valence-electron chi connectivity index (χ1n) is 4.44. The Morgan fingerprint density at radius 1 is 1.41 bits per heavy atom. The molecule has 1 N–H and O–H groups in total. The first-order valence-corrected chi connectivity index (χ1v) is 4.44. The fourth-order valence-corrected chi connectivity index (χ4v) is 1.10. The van der Waals surface area contributed by atoms with Crippen LogP contribution in [0.2, 0.25) is 0 Å². The maximum absolute atomic E-state index is 13.2. The summed E-state index contributed by atoms with van der Waals surface area (Å²) in [5, 5.41) is 2.09. The molecule has 0 atom stereocenters. The Morgan fingerprint density at radius 2 is 2.06 bits per heavy atom. The molecular formula is C11H7F4NO. The second-order valence-electron chi connectivity index (χ2n) is 3.08. The van der Waals surface area contributed by atoms with E-state index in [2.05, 4.69) is 11.2 Å². The molecule has 0 saturated heterocycles. The highest BCUT2D eigenvalue weighted by atomic mass is 19.4.